The summed E-state index contributed by atoms with van der Waals surface area (Å²) in [6, 6.07) is 0. The lowest BCUT2D eigenvalue weighted by Crippen LogP contribution is -2.08. The molecule has 1 saturated heterocycles. The summed E-state index contributed by atoms with van der Waals surface area (Å²) in [6.45, 7) is 0. The van der Waals surface area contributed by atoms with Crippen molar-refractivity contribution in [1.29, 1.82) is 0 Å². The fourth-order valence-corrected chi connectivity index (χ4v) is 3.85. The van der Waals surface area contributed by atoms with Gasteiger partial charge in [-0.1, -0.05) is 11.3 Å². The molecule has 1 aliphatic rings. The molecule has 0 amide bonds. The first kappa shape index (κ1) is 8.97. The molecule has 12 heavy (non-hydrogen) atoms. The molecule has 0 spiro atoms. The third-order valence-electron chi connectivity index (χ3n) is 1.93. The maximum atomic E-state index is 4.15. The summed E-state index contributed by atoms with van der Waals surface area (Å²) in [5, 5.41) is 9.32. The molecule has 2 nitrogen and oxygen atoms in total. The van der Waals surface area contributed by atoms with Crippen molar-refractivity contribution in [1.82, 2.24) is 10.2 Å². The summed E-state index contributed by atoms with van der Waals surface area (Å²) < 4.78 is 0.910. The van der Waals surface area contributed by atoms with E-state index in [-0.39, 0.29) is 0 Å². The molecular weight excluding hydrogens is 256 g/mol. The maximum absolute atomic E-state index is 4.15. The van der Waals surface area contributed by atoms with Gasteiger partial charge in [0.15, 0.2) is 3.92 Å². The van der Waals surface area contributed by atoms with E-state index in [0.717, 1.165) is 3.92 Å². The van der Waals surface area contributed by atoms with Gasteiger partial charge in [0.1, 0.15) is 5.01 Å². The van der Waals surface area contributed by atoms with Gasteiger partial charge in [0, 0.05) is 11.7 Å². The van der Waals surface area contributed by atoms with Crippen LogP contribution in [0.5, 0.6) is 0 Å². The highest BCUT2D eigenvalue weighted by molar-refractivity contribution is 9.11. The molecule has 5 heteroatoms. The maximum Gasteiger partial charge on any atom is 0.183 e. The average Bonchev–Trinajstić information content (AvgIpc) is 2.54. The summed E-state index contributed by atoms with van der Waals surface area (Å²) in [6.07, 6.45) is 2.61. The second-order valence-corrected chi connectivity index (χ2v) is 6.24. The highest BCUT2D eigenvalue weighted by Gasteiger charge is 2.19. The number of aromatic nitrogens is 2. The fraction of sp³-hybridized carbons (Fsp3) is 0.714. The molecule has 1 aromatic rings. The van der Waals surface area contributed by atoms with Crippen molar-refractivity contribution in [3.05, 3.63) is 8.92 Å². The Kier molecular flexibility index (Phi) is 3.04. The Morgan fingerprint density at radius 3 is 2.92 bits per heavy atom. The normalized spacial score (nSPS) is 24.2. The van der Waals surface area contributed by atoms with E-state index >= 15 is 0 Å². The lowest BCUT2D eigenvalue weighted by atomic mass is 10.1. The van der Waals surface area contributed by atoms with Crippen LogP contribution in [-0.4, -0.2) is 21.7 Å². The predicted octanol–water partition coefficient (Wildman–Crippen LogP) is 2.91. The van der Waals surface area contributed by atoms with Gasteiger partial charge in [-0.15, -0.1) is 10.2 Å². The van der Waals surface area contributed by atoms with Crippen LogP contribution in [0, 0.1) is 0 Å². The largest absolute Gasteiger partial charge is 0.183 e. The van der Waals surface area contributed by atoms with Gasteiger partial charge in [0.05, 0.1) is 0 Å². The zero-order valence-corrected chi connectivity index (χ0v) is 9.71. The molecule has 2 rings (SSSR count). The van der Waals surface area contributed by atoms with Gasteiger partial charge in [-0.3, -0.25) is 0 Å². The van der Waals surface area contributed by atoms with Gasteiger partial charge in [0.25, 0.3) is 0 Å². The van der Waals surface area contributed by atoms with Gasteiger partial charge in [-0.25, -0.2) is 0 Å². The molecule has 0 aromatic carbocycles. The van der Waals surface area contributed by atoms with E-state index in [1.54, 1.807) is 11.3 Å². The van der Waals surface area contributed by atoms with Crippen molar-refractivity contribution in [3.63, 3.8) is 0 Å². The summed E-state index contributed by atoms with van der Waals surface area (Å²) in [7, 11) is 0. The van der Waals surface area contributed by atoms with Crippen LogP contribution in [-0.2, 0) is 0 Å². The van der Waals surface area contributed by atoms with Gasteiger partial charge >= 0.3 is 0 Å². The van der Waals surface area contributed by atoms with E-state index in [1.165, 1.54) is 29.4 Å². The first-order chi connectivity index (χ1) is 5.86. The van der Waals surface area contributed by atoms with Crippen molar-refractivity contribution < 1.29 is 0 Å². The summed E-state index contributed by atoms with van der Waals surface area (Å²) in [5.74, 6) is 3.20. The van der Waals surface area contributed by atoms with Crippen molar-refractivity contribution >= 4 is 39.0 Å². The van der Waals surface area contributed by atoms with Crippen LogP contribution >= 0.6 is 39.0 Å². The third kappa shape index (κ3) is 2.00. The lowest BCUT2D eigenvalue weighted by Gasteiger charge is -2.17. The van der Waals surface area contributed by atoms with Crippen LogP contribution in [0.1, 0.15) is 23.8 Å². The highest BCUT2D eigenvalue weighted by atomic mass is 79.9. The summed E-state index contributed by atoms with van der Waals surface area (Å²) in [4.78, 5) is 0. The minimum Gasteiger partial charge on any atom is -0.161 e. The number of halogens is 1. The highest BCUT2D eigenvalue weighted by Crippen LogP contribution is 2.33. The zero-order chi connectivity index (χ0) is 8.39. The molecule has 1 aromatic heterocycles. The standard InChI is InChI=1S/C7H9BrN2S2/c8-7-10-9-6(12-7)5-2-1-3-11-4-5/h5H,1-4H2. The van der Waals surface area contributed by atoms with Gasteiger partial charge in [0.2, 0.25) is 0 Å². The molecule has 0 saturated carbocycles. The van der Waals surface area contributed by atoms with E-state index in [2.05, 4.69) is 26.1 Å². The number of hydrogen-bond donors (Lipinski definition) is 0. The average molecular weight is 265 g/mol. The second kappa shape index (κ2) is 4.07. The molecule has 1 unspecified atom stereocenters. The molecule has 1 fully saturated rings. The van der Waals surface area contributed by atoms with Gasteiger partial charge < -0.3 is 0 Å². The topological polar surface area (TPSA) is 25.8 Å². The molecule has 0 aliphatic carbocycles. The second-order valence-electron chi connectivity index (χ2n) is 2.81. The molecule has 1 aliphatic heterocycles. The Bertz CT molecular complexity index is 258. The third-order valence-corrected chi connectivity index (χ3v) is 4.66. The van der Waals surface area contributed by atoms with Crippen LogP contribution < -0.4 is 0 Å². The Hall–Kier alpha value is 0.390. The monoisotopic (exact) mass is 264 g/mol. The minimum atomic E-state index is 0.660. The van der Waals surface area contributed by atoms with E-state index < -0.39 is 0 Å². The first-order valence-electron chi connectivity index (χ1n) is 3.93. The lowest BCUT2D eigenvalue weighted by molar-refractivity contribution is 0.649. The van der Waals surface area contributed by atoms with E-state index in [1.807, 2.05) is 11.8 Å². The first-order valence-corrected chi connectivity index (χ1v) is 6.69. The molecule has 0 N–H and O–H groups in total. The van der Waals surface area contributed by atoms with Gasteiger partial charge in [-0.2, -0.15) is 11.8 Å². The number of rotatable bonds is 1. The quantitative estimate of drug-likeness (QED) is 0.780. The van der Waals surface area contributed by atoms with Crippen molar-refractivity contribution in [2.75, 3.05) is 11.5 Å². The van der Waals surface area contributed by atoms with Crippen molar-refractivity contribution in [2.24, 2.45) is 0 Å². The minimum absolute atomic E-state index is 0.660. The Balaban J connectivity index is 2.08. The zero-order valence-electron chi connectivity index (χ0n) is 6.49. The fourth-order valence-electron chi connectivity index (χ4n) is 1.32. The molecule has 66 valence electrons. The van der Waals surface area contributed by atoms with Crippen LogP contribution in [0.4, 0.5) is 0 Å². The van der Waals surface area contributed by atoms with Crippen molar-refractivity contribution in [2.45, 2.75) is 18.8 Å². The van der Waals surface area contributed by atoms with E-state index in [4.69, 9.17) is 0 Å². The van der Waals surface area contributed by atoms with Crippen LogP contribution in [0.2, 0.25) is 0 Å². The molecule has 0 radical (unpaired) electrons. The van der Waals surface area contributed by atoms with E-state index in [9.17, 15) is 0 Å². The Morgan fingerprint density at radius 2 is 2.33 bits per heavy atom. The molecule has 1 atom stereocenters. The molecule has 2 heterocycles. The molecule has 0 bridgehead atoms. The van der Waals surface area contributed by atoms with Crippen LogP contribution in [0.15, 0.2) is 3.92 Å². The number of hydrogen-bond acceptors (Lipinski definition) is 4. The van der Waals surface area contributed by atoms with Gasteiger partial charge in [-0.05, 0) is 34.5 Å². The molecular formula is C7H9BrN2S2. The smallest absolute Gasteiger partial charge is 0.161 e. The van der Waals surface area contributed by atoms with Crippen LogP contribution in [0.25, 0.3) is 0 Å². The number of nitrogens with zero attached hydrogens (tertiary/aromatic N) is 2. The SMILES string of the molecule is Brc1nnc(C2CCCSC2)s1. The van der Waals surface area contributed by atoms with E-state index in [0.29, 0.717) is 5.92 Å². The van der Waals surface area contributed by atoms with Crippen molar-refractivity contribution in [3.8, 4) is 0 Å². The Morgan fingerprint density at radius 1 is 1.42 bits per heavy atom. The number of thioether (sulfide) groups is 1. The Labute approximate surface area is 88.3 Å². The predicted molar refractivity (Wildman–Crippen MR) is 56.9 cm³/mol. The summed E-state index contributed by atoms with van der Waals surface area (Å²) >= 11 is 7.04. The van der Waals surface area contributed by atoms with Crippen LogP contribution in [0.3, 0.4) is 0 Å². The summed E-state index contributed by atoms with van der Waals surface area (Å²) in [5.41, 5.74) is 0.